The molecule has 1 atom stereocenters. The van der Waals surface area contributed by atoms with Gasteiger partial charge in [0.15, 0.2) is 0 Å². The van der Waals surface area contributed by atoms with Gasteiger partial charge in [-0.3, -0.25) is 9.91 Å². The van der Waals surface area contributed by atoms with Crippen LogP contribution in [-0.2, 0) is 22.3 Å². The first-order valence-electron chi connectivity index (χ1n) is 12.0. The van der Waals surface area contributed by atoms with Crippen LogP contribution in [0.4, 0.5) is 44.3 Å². The summed E-state index contributed by atoms with van der Waals surface area (Å²) in [4.78, 5) is 25.6. The molecule has 0 spiro atoms. The average molecular weight is 606 g/mol. The maximum absolute atomic E-state index is 13.4. The minimum absolute atomic E-state index is 0.0144. The second-order valence-electron chi connectivity index (χ2n) is 9.09. The molecule has 0 aromatic heterocycles. The van der Waals surface area contributed by atoms with Crippen LogP contribution >= 0.6 is 0 Å². The Morgan fingerprint density at radius 3 is 2.10 bits per heavy atom. The molecule has 41 heavy (non-hydrogen) atoms. The molecular formula is C24H27F9N4O4. The van der Waals surface area contributed by atoms with Crippen LogP contribution in [0.3, 0.4) is 0 Å². The van der Waals surface area contributed by atoms with E-state index in [0.29, 0.717) is 10.5 Å². The lowest BCUT2D eigenvalue weighted by Gasteiger charge is -2.35. The van der Waals surface area contributed by atoms with Crippen molar-refractivity contribution in [2.75, 3.05) is 33.2 Å². The van der Waals surface area contributed by atoms with Gasteiger partial charge in [0.05, 0.1) is 11.8 Å². The van der Waals surface area contributed by atoms with E-state index < -0.39 is 48.3 Å². The number of alkyl halides is 9. The quantitative estimate of drug-likeness (QED) is 0.235. The number of carbonyl (C=O) groups is 2. The Hall–Kier alpha value is -3.50. The molecule has 1 N–H and O–H groups in total. The zero-order valence-corrected chi connectivity index (χ0v) is 21.8. The van der Waals surface area contributed by atoms with E-state index in [1.54, 1.807) is 11.8 Å². The molecular weight excluding hydrogens is 579 g/mol. The van der Waals surface area contributed by atoms with Gasteiger partial charge in [-0.05, 0) is 35.3 Å². The molecule has 0 aliphatic carbocycles. The lowest BCUT2D eigenvalue weighted by atomic mass is 9.97. The fourth-order valence-electron chi connectivity index (χ4n) is 3.92. The van der Waals surface area contributed by atoms with E-state index in [1.807, 2.05) is 0 Å². The van der Waals surface area contributed by atoms with Gasteiger partial charge in [0, 0.05) is 39.8 Å². The molecule has 0 bridgehead atoms. The largest absolute Gasteiger partial charge is 0.480 e. The number of aliphatic carboxylic acids is 1. The molecule has 1 aliphatic rings. The highest BCUT2D eigenvalue weighted by Crippen LogP contribution is 2.36. The van der Waals surface area contributed by atoms with E-state index in [-0.39, 0.29) is 50.3 Å². The third kappa shape index (κ3) is 9.26. The van der Waals surface area contributed by atoms with Crippen LogP contribution in [0.1, 0.15) is 30.0 Å². The van der Waals surface area contributed by atoms with E-state index >= 15 is 0 Å². The Balaban J connectivity index is 2.18. The molecule has 1 aliphatic heterocycles. The summed E-state index contributed by atoms with van der Waals surface area (Å²) in [5.74, 6) is -1.16. The van der Waals surface area contributed by atoms with Gasteiger partial charge in [0.2, 0.25) is 0 Å². The highest BCUT2D eigenvalue weighted by molar-refractivity contribution is 6.09. The number of hydrogen-bond donors (Lipinski definition) is 1. The predicted molar refractivity (Wildman–Crippen MR) is 128 cm³/mol. The Bertz CT molecular complexity index is 1110. The van der Waals surface area contributed by atoms with Crippen LogP contribution in [0.25, 0.3) is 5.57 Å². The molecule has 1 saturated heterocycles. The van der Waals surface area contributed by atoms with Gasteiger partial charge >= 0.3 is 30.6 Å². The highest BCUT2D eigenvalue weighted by atomic mass is 19.4. The number of halogens is 9. The number of benzene rings is 1. The second-order valence-corrected chi connectivity index (χ2v) is 9.09. The second kappa shape index (κ2) is 13.0. The number of ether oxygens (including phenoxy) is 1. The number of amides is 1. The topological polar surface area (TPSA) is 85.7 Å². The summed E-state index contributed by atoms with van der Waals surface area (Å²) in [6, 6.07) is 1.85. The summed E-state index contributed by atoms with van der Waals surface area (Å²) in [5, 5.41) is 14.3. The van der Waals surface area contributed by atoms with E-state index in [1.165, 1.54) is 13.1 Å². The fraction of sp³-hybridized carbons (Fsp3) is 0.542. The van der Waals surface area contributed by atoms with Gasteiger partial charge in [0.1, 0.15) is 6.04 Å². The first kappa shape index (κ1) is 33.7. The maximum Gasteiger partial charge on any atom is 0.434 e. The van der Waals surface area contributed by atoms with E-state index in [0.717, 1.165) is 23.4 Å². The molecule has 0 saturated carbocycles. The van der Waals surface area contributed by atoms with Crippen molar-refractivity contribution in [2.45, 2.75) is 50.6 Å². The number of carboxylic acids is 1. The van der Waals surface area contributed by atoms with Crippen LogP contribution < -0.4 is 0 Å². The van der Waals surface area contributed by atoms with E-state index in [2.05, 4.69) is 16.4 Å². The summed E-state index contributed by atoms with van der Waals surface area (Å²) in [6.07, 6.45) is -21.2. The Labute approximate surface area is 228 Å². The van der Waals surface area contributed by atoms with Crippen LogP contribution in [-0.4, -0.2) is 95.9 Å². The predicted octanol–water partition coefficient (Wildman–Crippen LogP) is 5.25. The third-order valence-corrected chi connectivity index (χ3v) is 6.14. The van der Waals surface area contributed by atoms with Crippen LogP contribution in [0.2, 0.25) is 0 Å². The van der Waals surface area contributed by atoms with Gasteiger partial charge in [-0.1, -0.05) is 19.6 Å². The van der Waals surface area contributed by atoms with Crippen molar-refractivity contribution < 1.29 is 58.9 Å². The van der Waals surface area contributed by atoms with Crippen molar-refractivity contribution in [2.24, 2.45) is 5.10 Å². The number of piperazine rings is 1. The lowest BCUT2D eigenvalue weighted by Crippen LogP contribution is -2.52. The summed E-state index contributed by atoms with van der Waals surface area (Å²) in [7, 11) is 1.37. The van der Waals surface area contributed by atoms with E-state index in [9.17, 15) is 54.2 Å². The van der Waals surface area contributed by atoms with Crippen LogP contribution in [0, 0.1) is 0 Å². The number of carboxylic acid groups (broad SMARTS) is 1. The number of carbonyl (C=O) groups excluding carboxylic acids is 1. The maximum atomic E-state index is 13.4. The van der Waals surface area contributed by atoms with Crippen molar-refractivity contribution in [3.8, 4) is 0 Å². The summed E-state index contributed by atoms with van der Waals surface area (Å²) in [6.45, 7) is 4.63. The van der Waals surface area contributed by atoms with Crippen LogP contribution in [0.15, 0.2) is 29.9 Å². The Kier molecular flexibility index (Phi) is 10.7. The van der Waals surface area contributed by atoms with Crippen molar-refractivity contribution >= 4 is 23.9 Å². The highest BCUT2D eigenvalue weighted by Gasteiger charge is 2.60. The third-order valence-electron chi connectivity index (χ3n) is 6.14. The average Bonchev–Trinajstić information content (AvgIpc) is 2.84. The van der Waals surface area contributed by atoms with Crippen molar-refractivity contribution in [3.05, 3.63) is 41.5 Å². The first-order valence-corrected chi connectivity index (χ1v) is 12.0. The summed E-state index contributed by atoms with van der Waals surface area (Å²) in [5.41, 5.74) is -0.619. The zero-order valence-electron chi connectivity index (χ0n) is 21.8. The molecule has 1 heterocycles. The number of likely N-dealkylation sites (N-methyl/N-ethyl adjacent to an activating group) is 1. The van der Waals surface area contributed by atoms with Crippen molar-refractivity contribution in [1.82, 2.24) is 14.8 Å². The minimum atomic E-state index is -5.86. The van der Waals surface area contributed by atoms with Gasteiger partial charge < -0.3 is 14.7 Å². The van der Waals surface area contributed by atoms with Crippen molar-refractivity contribution in [1.29, 1.82) is 0 Å². The van der Waals surface area contributed by atoms with Crippen molar-refractivity contribution in [3.63, 3.8) is 0 Å². The molecule has 1 amide bonds. The van der Waals surface area contributed by atoms with Gasteiger partial charge in [-0.15, -0.1) is 0 Å². The molecule has 1 unspecified atom stereocenters. The molecule has 1 aromatic rings. The normalized spacial score (nSPS) is 16.2. The molecule has 0 radical (unpaired) electrons. The van der Waals surface area contributed by atoms with Gasteiger partial charge in [-0.25, -0.2) is 9.59 Å². The number of hydrogen-bond acceptors (Lipinski definition) is 6. The molecule has 2 rings (SSSR count). The SMILES string of the molecule is C=C(/C=N\N(C)C(CC)C(=O)O)c1cc(C(F)(F)F)ccc1CN1CCN(C(=O)OC(C(F)(F)F)C(F)(F)F)CC1. The first-order chi connectivity index (χ1) is 18.8. The van der Waals surface area contributed by atoms with E-state index in [4.69, 9.17) is 0 Å². The van der Waals surface area contributed by atoms with Gasteiger partial charge in [0.25, 0.3) is 6.10 Å². The number of rotatable bonds is 9. The number of allylic oxidation sites excluding steroid dienone is 1. The standard InChI is InChI=1S/C24H27F9N4O4/c1-4-18(19(38)39)35(3)34-12-14(2)17-11-16(22(25,26)27)6-5-15(17)13-36-7-9-37(10-8-36)21(40)41-20(23(28,29)30)24(31,32)33/h5-6,11-12,18,20H,2,4,7-10,13H2,1,3H3,(H,38,39)/b34-12-. The number of nitrogens with zero attached hydrogens (tertiary/aromatic N) is 4. The monoisotopic (exact) mass is 606 g/mol. The molecule has 1 fully saturated rings. The zero-order chi connectivity index (χ0) is 31.3. The minimum Gasteiger partial charge on any atom is -0.480 e. The number of hydrazone groups is 1. The smallest absolute Gasteiger partial charge is 0.434 e. The van der Waals surface area contributed by atoms with Gasteiger partial charge in [-0.2, -0.15) is 44.6 Å². The molecule has 17 heteroatoms. The summed E-state index contributed by atoms with van der Waals surface area (Å²) < 4.78 is 120. The molecule has 1 aromatic carbocycles. The Morgan fingerprint density at radius 2 is 1.63 bits per heavy atom. The van der Waals surface area contributed by atoms with Crippen LogP contribution in [0.5, 0.6) is 0 Å². The summed E-state index contributed by atoms with van der Waals surface area (Å²) >= 11 is 0. The Morgan fingerprint density at radius 1 is 1.07 bits per heavy atom. The molecule has 8 nitrogen and oxygen atoms in total. The fourth-order valence-corrected chi connectivity index (χ4v) is 3.92. The lowest BCUT2D eigenvalue weighted by molar-refractivity contribution is -0.308. The molecule has 230 valence electrons.